The smallest absolute Gasteiger partial charge is 0.120 e. The second-order valence-corrected chi connectivity index (χ2v) is 11.6. The van der Waals surface area contributed by atoms with E-state index in [0.29, 0.717) is 0 Å². The molecule has 0 fully saturated rings. The number of terminal acetylenes is 2. The van der Waals surface area contributed by atoms with Crippen LogP contribution < -0.4 is 0 Å². The van der Waals surface area contributed by atoms with Gasteiger partial charge in [-0.1, -0.05) is 57.8 Å². The lowest BCUT2D eigenvalue weighted by Gasteiger charge is -2.06. The highest BCUT2D eigenvalue weighted by Gasteiger charge is 2.05. The van der Waals surface area contributed by atoms with Crippen molar-refractivity contribution in [2.75, 3.05) is 0 Å². The average molecular weight is 588 g/mol. The van der Waals surface area contributed by atoms with Crippen LogP contribution in [0.5, 0.6) is 0 Å². The Morgan fingerprint density at radius 1 is 0.564 bits per heavy atom. The third kappa shape index (κ3) is 19.5. The van der Waals surface area contributed by atoms with E-state index in [2.05, 4.69) is 83.8 Å². The van der Waals surface area contributed by atoms with Gasteiger partial charge in [0.2, 0.25) is 0 Å². The largest absolute Gasteiger partial charge is 0.378 e. The lowest BCUT2D eigenvalue weighted by Crippen LogP contribution is -2.14. The summed E-state index contributed by atoms with van der Waals surface area (Å²) in [7, 11) is 0. The molecule has 3 rings (SSSR count). The van der Waals surface area contributed by atoms with Gasteiger partial charge in [-0.3, -0.25) is 0 Å². The summed E-state index contributed by atoms with van der Waals surface area (Å²) in [6, 6.07) is 18.6. The fourth-order valence-corrected chi connectivity index (χ4v) is 3.97. The quantitative estimate of drug-likeness (QED) is 0.261. The lowest BCUT2D eigenvalue weighted by molar-refractivity contribution is 0.143. The third-order valence-corrected chi connectivity index (χ3v) is 5.12. The summed E-state index contributed by atoms with van der Waals surface area (Å²) in [4.78, 5) is 0. The Balaban J connectivity index is 0.000000515. The number of hydrogen-bond acceptors (Lipinski definition) is 2. The molecule has 0 atom stereocenters. The Morgan fingerprint density at radius 3 is 1.13 bits per heavy atom. The van der Waals surface area contributed by atoms with Gasteiger partial charge in [-0.05, 0) is 139 Å². The maximum absolute atomic E-state index is 9.44. The second-order valence-electron chi connectivity index (χ2n) is 10.7. The van der Waals surface area contributed by atoms with Gasteiger partial charge in [-0.15, -0.1) is 12.8 Å². The number of rotatable bonds is 0. The van der Waals surface area contributed by atoms with Crippen LogP contribution in [0.3, 0.4) is 0 Å². The van der Waals surface area contributed by atoms with E-state index in [0.717, 1.165) is 11.1 Å². The maximum Gasteiger partial charge on any atom is 0.120 e. The highest BCUT2D eigenvalue weighted by Crippen LogP contribution is 2.14. The van der Waals surface area contributed by atoms with E-state index in [1.54, 1.807) is 27.7 Å². The molecule has 0 aliphatic heterocycles. The molecule has 0 saturated carbocycles. The van der Waals surface area contributed by atoms with Gasteiger partial charge in [0.25, 0.3) is 0 Å². The molecule has 0 aromatic heterocycles. The van der Waals surface area contributed by atoms with Crippen molar-refractivity contribution in [1.82, 2.24) is 0 Å². The molecule has 0 amide bonds. The molecule has 206 valence electrons. The molecular weight excluding hydrogens is 544 g/mol. The molecule has 0 unspecified atom stereocenters. The van der Waals surface area contributed by atoms with Crippen LogP contribution in [0.25, 0.3) is 0 Å². The van der Waals surface area contributed by atoms with Crippen LogP contribution in [0.4, 0.5) is 0 Å². The zero-order valence-corrected chi connectivity index (χ0v) is 26.7. The highest BCUT2D eigenvalue weighted by molar-refractivity contribution is 9.10. The van der Waals surface area contributed by atoms with Crippen LogP contribution >= 0.6 is 15.9 Å². The molecule has 3 aromatic carbocycles. The number of aliphatic hydroxyl groups is 2. The van der Waals surface area contributed by atoms with Crippen molar-refractivity contribution in [3.8, 4) is 36.5 Å². The molecule has 3 aromatic rings. The average Bonchev–Trinajstić information content (AvgIpc) is 2.76. The monoisotopic (exact) mass is 586 g/mol. The predicted octanol–water partition coefficient (Wildman–Crippen LogP) is 8.17. The van der Waals surface area contributed by atoms with Crippen LogP contribution in [0, 0.1) is 78.1 Å². The van der Waals surface area contributed by atoms with E-state index in [1.165, 1.54) is 37.9 Å². The van der Waals surface area contributed by atoms with Crippen molar-refractivity contribution in [1.29, 1.82) is 0 Å². The summed E-state index contributed by atoms with van der Waals surface area (Å²) < 4.78 is 1.17. The molecule has 0 bridgehead atoms. The molecule has 0 radical (unpaired) electrons. The minimum absolute atomic E-state index is 0.919. The highest BCUT2D eigenvalue weighted by atomic mass is 79.9. The van der Waals surface area contributed by atoms with Gasteiger partial charge in [0.05, 0.1) is 0 Å². The normalized spacial score (nSPS) is 9.92. The maximum atomic E-state index is 9.44. The van der Waals surface area contributed by atoms with E-state index in [1.807, 2.05) is 52.0 Å². The summed E-state index contributed by atoms with van der Waals surface area (Å²) >= 11 is 3.41. The molecule has 3 heteroatoms. The molecule has 2 nitrogen and oxygen atoms in total. The van der Waals surface area contributed by atoms with Gasteiger partial charge in [-0.2, -0.15) is 0 Å². The van der Waals surface area contributed by atoms with Crippen molar-refractivity contribution in [2.45, 2.75) is 80.4 Å². The molecule has 0 saturated heterocycles. The van der Waals surface area contributed by atoms with Crippen LogP contribution in [-0.2, 0) is 0 Å². The molecular formula is C36H43BrO2. The Bertz CT molecular complexity index is 1270. The fraction of sp³-hybridized carbons (Fsp3) is 0.333. The lowest BCUT2D eigenvalue weighted by atomic mass is 10.1. The Kier molecular flexibility index (Phi) is 15.3. The van der Waals surface area contributed by atoms with Gasteiger partial charge in [0.15, 0.2) is 0 Å². The molecule has 0 aliphatic rings. The molecule has 0 spiro atoms. The summed E-state index contributed by atoms with van der Waals surface area (Å²) in [6.07, 6.45) is 10.0. The number of aryl methyl sites for hydroxylation is 6. The van der Waals surface area contributed by atoms with Crippen molar-refractivity contribution in [3.05, 3.63) is 104 Å². The third-order valence-electron chi connectivity index (χ3n) is 4.66. The molecule has 0 heterocycles. The SMILES string of the molecule is C#CC(C)(C)O.C#Cc1cc(C)cc(C)c1.Cc1cc(C)cc(Br)c1.Cc1cc(C)cc(C#CC(C)(C)O)c1. The summed E-state index contributed by atoms with van der Waals surface area (Å²) in [5.74, 6) is 10.5. The van der Waals surface area contributed by atoms with E-state index in [9.17, 15) is 5.11 Å². The first-order valence-electron chi connectivity index (χ1n) is 12.7. The second kappa shape index (κ2) is 16.6. The van der Waals surface area contributed by atoms with Crippen molar-refractivity contribution in [3.63, 3.8) is 0 Å². The van der Waals surface area contributed by atoms with E-state index in [4.69, 9.17) is 18.0 Å². The Hall–Kier alpha value is -3.26. The van der Waals surface area contributed by atoms with E-state index >= 15 is 0 Å². The van der Waals surface area contributed by atoms with Crippen LogP contribution in [0.1, 0.15) is 72.2 Å². The Morgan fingerprint density at radius 2 is 0.872 bits per heavy atom. The first kappa shape index (κ1) is 35.7. The number of hydrogen-bond donors (Lipinski definition) is 2. The van der Waals surface area contributed by atoms with E-state index < -0.39 is 11.2 Å². The molecule has 0 aliphatic carbocycles. The zero-order valence-electron chi connectivity index (χ0n) is 25.1. The number of benzene rings is 3. The first-order valence-corrected chi connectivity index (χ1v) is 13.5. The molecule has 2 N–H and O–H groups in total. The summed E-state index contributed by atoms with van der Waals surface area (Å²) in [6.45, 7) is 18.9. The molecule has 39 heavy (non-hydrogen) atoms. The van der Waals surface area contributed by atoms with Crippen molar-refractivity contribution in [2.24, 2.45) is 0 Å². The topological polar surface area (TPSA) is 40.5 Å². The minimum Gasteiger partial charge on any atom is -0.378 e. The van der Waals surface area contributed by atoms with Gasteiger partial charge in [0, 0.05) is 15.6 Å². The summed E-state index contributed by atoms with van der Waals surface area (Å²) in [5.41, 5.74) is 7.55. The van der Waals surface area contributed by atoms with Crippen molar-refractivity contribution < 1.29 is 10.2 Å². The first-order chi connectivity index (χ1) is 17.8. The Labute approximate surface area is 246 Å². The van der Waals surface area contributed by atoms with Gasteiger partial charge in [0.1, 0.15) is 11.2 Å². The van der Waals surface area contributed by atoms with Gasteiger partial charge < -0.3 is 10.2 Å². The fourth-order valence-electron chi connectivity index (χ4n) is 3.25. The predicted molar refractivity (Wildman–Crippen MR) is 172 cm³/mol. The van der Waals surface area contributed by atoms with Crippen LogP contribution in [-0.4, -0.2) is 21.4 Å². The van der Waals surface area contributed by atoms with Crippen LogP contribution in [0.2, 0.25) is 0 Å². The van der Waals surface area contributed by atoms with Crippen LogP contribution in [0.15, 0.2) is 59.1 Å². The van der Waals surface area contributed by atoms with Gasteiger partial charge >= 0.3 is 0 Å². The standard InChI is InChI=1S/C13H16O.C10H10.C8H9Br.C5H8O/c1-10-7-11(2)9-12(8-10)5-6-13(3,4)14;1-4-10-6-8(2)5-9(3)7-10;1-6-3-7(2)5-8(9)4-6;1-4-5(2,3)6/h7-9,14H,1-4H3;1,5-7H,2-3H3;3-5H,1-2H3;1,6H,2-3H3. The zero-order chi connectivity index (χ0) is 30.4. The summed E-state index contributed by atoms with van der Waals surface area (Å²) in [5, 5.41) is 18.0. The number of halogens is 1. The minimum atomic E-state index is -0.931. The van der Waals surface area contributed by atoms with Crippen molar-refractivity contribution >= 4 is 15.9 Å². The van der Waals surface area contributed by atoms with Gasteiger partial charge in [-0.25, -0.2) is 0 Å². The van der Waals surface area contributed by atoms with E-state index in [-0.39, 0.29) is 0 Å².